The SMILES string of the molecule is c1ccc([C@@H]2NC[C@@H]3C[C@@]32c2ccccc2)cc1. The van der Waals surface area contributed by atoms with Gasteiger partial charge in [0.2, 0.25) is 0 Å². The van der Waals surface area contributed by atoms with Gasteiger partial charge in [0.25, 0.3) is 0 Å². The van der Waals surface area contributed by atoms with Gasteiger partial charge in [0.05, 0.1) is 0 Å². The molecule has 1 nitrogen and oxygen atoms in total. The largest absolute Gasteiger partial charge is 0.309 e. The lowest BCUT2D eigenvalue weighted by atomic mass is 9.84. The summed E-state index contributed by atoms with van der Waals surface area (Å²) in [6.45, 7) is 1.16. The zero-order chi connectivity index (χ0) is 12.0. The molecule has 2 aromatic carbocycles. The van der Waals surface area contributed by atoms with E-state index in [1.54, 1.807) is 0 Å². The van der Waals surface area contributed by atoms with E-state index in [0.29, 0.717) is 11.5 Å². The Labute approximate surface area is 108 Å². The highest BCUT2D eigenvalue weighted by Gasteiger charge is 2.63. The highest BCUT2D eigenvalue weighted by Crippen LogP contribution is 2.64. The van der Waals surface area contributed by atoms with Crippen molar-refractivity contribution in [3.8, 4) is 0 Å². The molecule has 1 saturated heterocycles. The molecule has 18 heavy (non-hydrogen) atoms. The van der Waals surface area contributed by atoms with Gasteiger partial charge in [-0.15, -0.1) is 0 Å². The van der Waals surface area contributed by atoms with Crippen LogP contribution in [0, 0.1) is 5.92 Å². The van der Waals surface area contributed by atoms with E-state index >= 15 is 0 Å². The van der Waals surface area contributed by atoms with E-state index in [9.17, 15) is 0 Å². The first-order chi connectivity index (χ1) is 8.91. The fourth-order valence-corrected chi connectivity index (χ4v) is 3.73. The number of hydrogen-bond donors (Lipinski definition) is 1. The second-order valence-electron chi connectivity index (χ2n) is 5.56. The zero-order valence-corrected chi connectivity index (χ0v) is 10.3. The van der Waals surface area contributed by atoms with E-state index in [2.05, 4.69) is 66.0 Å². The lowest BCUT2D eigenvalue weighted by Gasteiger charge is -2.24. The van der Waals surface area contributed by atoms with Crippen LogP contribution in [0.25, 0.3) is 0 Å². The van der Waals surface area contributed by atoms with E-state index in [-0.39, 0.29) is 0 Å². The van der Waals surface area contributed by atoms with Gasteiger partial charge in [0.15, 0.2) is 0 Å². The van der Waals surface area contributed by atoms with Gasteiger partial charge in [0.1, 0.15) is 0 Å². The second-order valence-corrected chi connectivity index (χ2v) is 5.56. The molecule has 0 spiro atoms. The van der Waals surface area contributed by atoms with E-state index < -0.39 is 0 Å². The molecule has 90 valence electrons. The topological polar surface area (TPSA) is 12.0 Å². The smallest absolute Gasteiger partial charge is 0.0421 e. The van der Waals surface area contributed by atoms with Gasteiger partial charge in [-0.3, -0.25) is 0 Å². The molecule has 1 aliphatic carbocycles. The van der Waals surface area contributed by atoms with Gasteiger partial charge in [-0.1, -0.05) is 60.7 Å². The average Bonchev–Trinajstić information content (AvgIpc) is 3.07. The molecule has 0 unspecified atom stereocenters. The number of nitrogens with one attached hydrogen (secondary N) is 1. The van der Waals surface area contributed by atoms with Crippen LogP contribution >= 0.6 is 0 Å². The van der Waals surface area contributed by atoms with Gasteiger partial charge < -0.3 is 5.32 Å². The predicted octanol–water partition coefficient (Wildman–Crippen LogP) is 3.29. The number of rotatable bonds is 2. The Bertz CT molecular complexity index is 548. The summed E-state index contributed by atoms with van der Waals surface area (Å²) in [5.41, 5.74) is 3.30. The summed E-state index contributed by atoms with van der Waals surface area (Å²) < 4.78 is 0. The molecule has 3 atom stereocenters. The van der Waals surface area contributed by atoms with E-state index in [1.165, 1.54) is 17.5 Å². The summed E-state index contributed by atoms with van der Waals surface area (Å²) in [7, 11) is 0. The number of hydrogen-bond acceptors (Lipinski definition) is 1. The van der Waals surface area contributed by atoms with Gasteiger partial charge in [-0.25, -0.2) is 0 Å². The quantitative estimate of drug-likeness (QED) is 0.842. The Morgan fingerprint density at radius 1 is 0.889 bits per heavy atom. The zero-order valence-electron chi connectivity index (χ0n) is 10.3. The number of benzene rings is 2. The minimum absolute atomic E-state index is 0.364. The van der Waals surface area contributed by atoms with E-state index in [1.807, 2.05) is 0 Å². The van der Waals surface area contributed by atoms with Gasteiger partial charge in [-0.2, -0.15) is 0 Å². The first-order valence-corrected chi connectivity index (χ1v) is 6.75. The van der Waals surface area contributed by atoms with Crippen LogP contribution in [-0.4, -0.2) is 6.54 Å². The fourth-order valence-electron chi connectivity index (χ4n) is 3.73. The van der Waals surface area contributed by atoms with Crippen molar-refractivity contribution in [2.75, 3.05) is 6.54 Å². The molecule has 1 heteroatoms. The molecule has 2 aliphatic rings. The van der Waals surface area contributed by atoms with Crippen LogP contribution in [0.3, 0.4) is 0 Å². The van der Waals surface area contributed by atoms with Crippen LogP contribution in [0.15, 0.2) is 60.7 Å². The second kappa shape index (κ2) is 3.69. The van der Waals surface area contributed by atoms with Crippen molar-refractivity contribution in [2.24, 2.45) is 5.92 Å². The summed E-state index contributed by atoms with van der Waals surface area (Å²) in [6.07, 6.45) is 1.34. The minimum atomic E-state index is 0.364. The molecule has 1 saturated carbocycles. The molecule has 1 heterocycles. The van der Waals surface area contributed by atoms with Gasteiger partial charge in [0, 0.05) is 11.5 Å². The van der Waals surface area contributed by atoms with Crippen molar-refractivity contribution in [3.05, 3.63) is 71.8 Å². The van der Waals surface area contributed by atoms with Crippen molar-refractivity contribution >= 4 is 0 Å². The summed E-state index contributed by atoms with van der Waals surface area (Å²) >= 11 is 0. The van der Waals surface area contributed by atoms with Crippen molar-refractivity contribution in [2.45, 2.75) is 17.9 Å². The van der Waals surface area contributed by atoms with Gasteiger partial charge >= 0.3 is 0 Å². The molecule has 4 rings (SSSR count). The molecule has 1 aliphatic heterocycles. The molecule has 2 fully saturated rings. The molecule has 1 N–H and O–H groups in total. The summed E-state index contributed by atoms with van der Waals surface area (Å²) in [6, 6.07) is 22.4. The van der Waals surface area contributed by atoms with Crippen LogP contribution in [0.5, 0.6) is 0 Å². The lowest BCUT2D eigenvalue weighted by Crippen LogP contribution is -2.25. The minimum Gasteiger partial charge on any atom is -0.309 e. The normalized spacial score (nSPS) is 33.1. The van der Waals surface area contributed by atoms with Crippen LogP contribution in [0.1, 0.15) is 23.6 Å². The Morgan fingerprint density at radius 3 is 2.22 bits per heavy atom. The van der Waals surface area contributed by atoms with Crippen molar-refractivity contribution < 1.29 is 0 Å². The maximum Gasteiger partial charge on any atom is 0.0421 e. The molecule has 0 bridgehead atoms. The standard InChI is InChI=1S/C17H17N/c1-3-7-13(8-4-1)16-17(11-15(17)12-18-16)14-9-5-2-6-10-14/h1-10,15-16,18H,11-12H2/t15-,16-,17+/m0/s1. The third-order valence-corrected chi connectivity index (χ3v) is 4.68. The molecular formula is C17H17N. The first-order valence-electron chi connectivity index (χ1n) is 6.75. The monoisotopic (exact) mass is 235 g/mol. The molecule has 2 aromatic rings. The highest BCUT2D eigenvalue weighted by atomic mass is 15.0. The molecule has 0 amide bonds. The summed E-state index contributed by atoms with van der Waals surface area (Å²) in [5.74, 6) is 0.824. The molecule has 0 radical (unpaired) electrons. The molecule has 0 aromatic heterocycles. The third kappa shape index (κ3) is 1.31. The van der Waals surface area contributed by atoms with Crippen LogP contribution in [0.2, 0.25) is 0 Å². The highest BCUT2D eigenvalue weighted by molar-refractivity contribution is 5.43. The Morgan fingerprint density at radius 2 is 1.56 bits per heavy atom. The maximum atomic E-state index is 3.71. The van der Waals surface area contributed by atoms with Crippen molar-refractivity contribution in [1.82, 2.24) is 5.32 Å². The Balaban J connectivity index is 1.78. The summed E-state index contributed by atoms with van der Waals surface area (Å²) in [5, 5.41) is 3.71. The van der Waals surface area contributed by atoms with E-state index in [4.69, 9.17) is 0 Å². The third-order valence-electron chi connectivity index (χ3n) is 4.68. The van der Waals surface area contributed by atoms with Crippen LogP contribution in [-0.2, 0) is 5.41 Å². The average molecular weight is 235 g/mol. The molecular weight excluding hydrogens is 218 g/mol. The van der Waals surface area contributed by atoms with Crippen LogP contribution < -0.4 is 5.32 Å². The first kappa shape index (κ1) is 10.3. The van der Waals surface area contributed by atoms with Crippen molar-refractivity contribution in [3.63, 3.8) is 0 Å². The maximum absolute atomic E-state index is 3.71. The fraction of sp³-hybridized carbons (Fsp3) is 0.294. The Kier molecular flexibility index (Phi) is 2.12. The van der Waals surface area contributed by atoms with Gasteiger partial charge in [-0.05, 0) is 30.0 Å². The van der Waals surface area contributed by atoms with Crippen LogP contribution in [0.4, 0.5) is 0 Å². The number of piperidine rings is 1. The predicted molar refractivity (Wildman–Crippen MR) is 73.4 cm³/mol. The Hall–Kier alpha value is -1.60. The van der Waals surface area contributed by atoms with Crippen molar-refractivity contribution in [1.29, 1.82) is 0 Å². The lowest BCUT2D eigenvalue weighted by molar-refractivity contribution is 0.504. The summed E-state index contributed by atoms with van der Waals surface area (Å²) in [4.78, 5) is 0. The van der Waals surface area contributed by atoms with E-state index in [0.717, 1.165) is 12.5 Å². The number of fused-ring (bicyclic) bond motifs is 1.